The molecule has 1 unspecified atom stereocenters. The molecule has 0 amide bonds. The molecule has 0 saturated heterocycles. The summed E-state index contributed by atoms with van der Waals surface area (Å²) in [6.07, 6.45) is 2.17. The highest BCUT2D eigenvalue weighted by molar-refractivity contribution is 6.20. The first-order chi connectivity index (χ1) is 5.16. The Morgan fingerprint density at radius 3 is 2.82 bits per heavy atom. The van der Waals surface area contributed by atoms with E-state index in [9.17, 15) is 9.59 Å². The van der Waals surface area contributed by atoms with Crippen molar-refractivity contribution in [3.63, 3.8) is 0 Å². The van der Waals surface area contributed by atoms with Gasteiger partial charge in [-0.25, -0.2) is 4.79 Å². The molecule has 4 nitrogen and oxygen atoms in total. The largest absolute Gasteiger partial charge is 0.481 e. The number of alkyl halides is 1. The number of isocyanates is 1. The van der Waals surface area contributed by atoms with Crippen LogP contribution in [0.4, 0.5) is 0 Å². The average molecular weight is 178 g/mol. The molecule has 0 heterocycles. The second-order valence-electron chi connectivity index (χ2n) is 1.94. The standard InChI is InChI=1S/C6H8ClNO3/c7-5(8-4-9)2-1-3-6(10)11/h5H,1-3H2,(H,10,11). The second-order valence-corrected chi connectivity index (χ2v) is 2.44. The van der Waals surface area contributed by atoms with Crippen molar-refractivity contribution in [1.82, 2.24) is 0 Å². The molecule has 1 N–H and O–H groups in total. The van der Waals surface area contributed by atoms with Crippen LogP contribution in [0.5, 0.6) is 0 Å². The van der Waals surface area contributed by atoms with E-state index in [2.05, 4.69) is 4.99 Å². The van der Waals surface area contributed by atoms with Gasteiger partial charge in [-0.3, -0.25) is 4.79 Å². The molecule has 0 spiro atoms. The van der Waals surface area contributed by atoms with E-state index in [0.717, 1.165) is 0 Å². The number of rotatable bonds is 5. The lowest BCUT2D eigenvalue weighted by molar-refractivity contribution is -0.137. The molecule has 0 bridgehead atoms. The Morgan fingerprint density at radius 1 is 1.73 bits per heavy atom. The number of carboxylic acid groups (broad SMARTS) is 1. The molecule has 0 aliphatic heterocycles. The summed E-state index contributed by atoms with van der Waals surface area (Å²) < 4.78 is 0. The maximum atomic E-state index is 9.99. The molecule has 0 aromatic rings. The summed E-state index contributed by atoms with van der Waals surface area (Å²) in [5.41, 5.74) is -0.633. The van der Waals surface area contributed by atoms with Gasteiger partial charge in [0.2, 0.25) is 6.08 Å². The van der Waals surface area contributed by atoms with E-state index in [1.54, 1.807) is 0 Å². The van der Waals surface area contributed by atoms with Gasteiger partial charge in [0, 0.05) is 6.42 Å². The normalized spacial score (nSPS) is 11.7. The van der Waals surface area contributed by atoms with Crippen molar-refractivity contribution >= 4 is 23.7 Å². The van der Waals surface area contributed by atoms with Gasteiger partial charge in [0.15, 0.2) is 0 Å². The number of carbonyl (C=O) groups excluding carboxylic acids is 1. The lowest BCUT2D eigenvalue weighted by Crippen LogP contribution is -1.98. The van der Waals surface area contributed by atoms with E-state index in [1.807, 2.05) is 0 Å². The van der Waals surface area contributed by atoms with Crippen LogP contribution in [0, 0.1) is 0 Å². The van der Waals surface area contributed by atoms with Crippen molar-refractivity contribution in [2.75, 3.05) is 0 Å². The zero-order valence-corrected chi connectivity index (χ0v) is 6.54. The minimum Gasteiger partial charge on any atom is -0.481 e. The van der Waals surface area contributed by atoms with Crippen molar-refractivity contribution in [2.45, 2.75) is 24.8 Å². The molecule has 0 rings (SSSR count). The Morgan fingerprint density at radius 2 is 2.36 bits per heavy atom. The van der Waals surface area contributed by atoms with Crippen LogP contribution in [0.1, 0.15) is 19.3 Å². The lowest BCUT2D eigenvalue weighted by atomic mass is 10.2. The Bertz CT molecular complexity index is 177. The molecule has 0 radical (unpaired) electrons. The number of nitrogens with zero attached hydrogens (tertiary/aromatic N) is 1. The van der Waals surface area contributed by atoms with Gasteiger partial charge in [0.25, 0.3) is 0 Å². The fraction of sp³-hybridized carbons (Fsp3) is 0.667. The molecule has 0 aliphatic carbocycles. The van der Waals surface area contributed by atoms with Gasteiger partial charge in [-0.2, -0.15) is 4.99 Å². The molecule has 62 valence electrons. The number of carboxylic acids is 1. The van der Waals surface area contributed by atoms with Crippen molar-refractivity contribution < 1.29 is 14.7 Å². The Balaban J connectivity index is 3.38. The third kappa shape index (κ3) is 7.03. The van der Waals surface area contributed by atoms with E-state index in [0.29, 0.717) is 12.8 Å². The van der Waals surface area contributed by atoms with Gasteiger partial charge in [-0.15, -0.1) is 0 Å². The Labute approximate surface area is 68.9 Å². The summed E-state index contributed by atoms with van der Waals surface area (Å²) in [6.45, 7) is 0. The van der Waals surface area contributed by atoms with Crippen LogP contribution in [-0.2, 0) is 9.59 Å². The first-order valence-electron chi connectivity index (χ1n) is 3.09. The molecule has 5 heteroatoms. The van der Waals surface area contributed by atoms with Gasteiger partial charge in [0.05, 0.1) is 0 Å². The molecule has 1 atom stereocenters. The lowest BCUT2D eigenvalue weighted by Gasteiger charge is -1.97. The highest BCUT2D eigenvalue weighted by atomic mass is 35.5. The number of aliphatic imine (C=N–C) groups is 1. The minimum atomic E-state index is -0.871. The number of hydrogen-bond donors (Lipinski definition) is 1. The molecule has 11 heavy (non-hydrogen) atoms. The van der Waals surface area contributed by atoms with E-state index in [4.69, 9.17) is 16.7 Å². The summed E-state index contributed by atoms with van der Waals surface area (Å²) in [4.78, 5) is 22.8. The van der Waals surface area contributed by atoms with Gasteiger partial charge in [-0.1, -0.05) is 11.6 Å². The zero-order valence-electron chi connectivity index (χ0n) is 5.79. The van der Waals surface area contributed by atoms with Gasteiger partial charge in [-0.05, 0) is 12.8 Å². The van der Waals surface area contributed by atoms with E-state index in [1.165, 1.54) is 6.08 Å². The van der Waals surface area contributed by atoms with Crippen LogP contribution in [0.25, 0.3) is 0 Å². The highest BCUT2D eigenvalue weighted by Crippen LogP contribution is 2.07. The monoisotopic (exact) mass is 177 g/mol. The maximum Gasteiger partial charge on any atom is 0.303 e. The van der Waals surface area contributed by atoms with Crippen LogP contribution in [0.3, 0.4) is 0 Å². The van der Waals surface area contributed by atoms with Crippen LogP contribution in [-0.4, -0.2) is 22.7 Å². The summed E-state index contributed by atoms with van der Waals surface area (Å²) >= 11 is 5.44. The number of hydrogen-bond acceptors (Lipinski definition) is 3. The smallest absolute Gasteiger partial charge is 0.303 e. The number of carbonyl (C=O) groups is 1. The van der Waals surface area contributed by atoms with Crippen LogP contribution >= 0.6 is 11.6 Å². The van der Waals surface area contributed by atoms with E-state index < -0.39 is 11.5 Å². The topological polar surface area (TPSA) is 66.7 Å². The third-order valence-corrected chi connectivity index (χ3v) is 1.34. The van der Waals surface area contributed by atoms with E-state index in [-0.39, 0.29) is 6.42 Å². The average Bonchev–Trinajstić information content (AvgIpc) is 1.87. The molecule has 0 aliphatic rings. The van der Waals surface area contributed by atoms with Crippen molar-refractivity contribution in [3.8, 4) is 0 Å². The second kappa shape index (κ2) is 5.89. The van der Waals surface area contributed by atoms with Gasteiger partial charge >= 0.3 is 5.97 Å². The number of aliphatic carboxylic acids is 1. The van der Waals surface area contributed by atoms with Crippen LogP contribution < -0.4 is 0 Å². The van der Waals surface area contributed by atoms with Crippen LogP contribution in [0.15, 0.2) is 4.99 Å². The highest BCUT2D eigenvalue weighted by Gasteiger charge is 2.02. The summed E-state index contributed by atoms with van der Waals surface area (Å²) in [5, 5.41) is 8.21. The summed E-state index contributed by atoms with van der Waals surface area (Å²) in [6, 6.07) is 0. The van der Waals surface area contributed by atoms with Crippen molar-refractivity contribution in [1.29, 1.82) is 0 Å². The van der Waals surface area contributed by atoms with E-state index >= 15 is 0 Å². The zero-order chi connectivity index (χ0) is 8.69. The van der Waals surface area contributed by atoms with Gasteiger partial charge in [0.1, 0.15) is 5.50 Å². The molecule has 0 fully saturated rings. The Kier molecular flexibility index (Phi) is 5.43. The maximum absolute atomic E-state index is 9.99. The summed E-state index contributed by atoms with van der Waals surface area (Å²) in [5.74, 6) is -0.871. The third-order valence-electron chi connectivity index (χ3n) is 1.03. The SMILES string of the molecule is O=C=NC(Cl)CCCC(=O)O. The van der Waals surface area contributed by atoms with Crippen molar-refractivity contribution in [2.24, 2.45) is 4.99 Å². The fourth-order valence-corrected chi connectivity index (χ4v) is 0.738. The molecule has 0 aromatic heterocycles. The Hall–Kier alpha value is -0.860. The quantitative estimate of drug-likeness (QED) is 0.296. The van der Waals surface area contributed by atoms with Gasteiger partial charge < -0.3 is 5.11 Å². The first-order valence-corrected chi connectivity index (χ1v) is 3.53. The molecular formula is C6H8ClNO3. The minimum absolute atomic E-state index is 0.0532. The molecular weight excluding hydrogens is 170 g/mol. The van der Waals surface area contributed by atoms with Crippen LogP contribution in [0.2, 0.25) is 0 Å². The molecule has 0 aromatic carbocycles. The summed E-state index contributed by atoms with van der Waals surface area (Å²) in [7, 11) is 0. The van der Waals surface area contributed by atoms with Crippen molar-refractivity contribution in [3.05, 3.63) is 0 Å². The predicted octanol–water partition coefficient (Wildman–Crippen LogP) is 1.14. The number of halogens is 1. The molecule has 0 saturated carbocycles. The fourth-order valence-electron chi connectivity index (χ4n) is 0.543. The first kappa shape index (κ1) is 10.1. The predicted molar refractivity (Wildman–Crippen MR) is 39.2 cm³/mol.